The lowest BCUT2D eigenvalue weighted by atomic mass is 9.95. The highest BCUT2D eigenvalue weighted by atomic mass is 32.1. The van der Waals surface area contributed by atoms with Crippen molar-refractivity contribution in [3.8, 4) is 6.19 Å². The van der Waals surface area contributed by atoms with E-state index in [9.17, 15) is 5.26 Å². The average molecular weight is 412 g/mol. The molecule has 1 atom stereocenters. The summed E-state index contributed by atoms with van der Waals surface area (Å²) in [7, 11) is 0. The minimum absolute atomic E-state index is 0.0231. The Morgan fingerprint density at radius 3 is 2.86 bits per heavy atom. The molecule has 0 aliphatic carbocycles. The van der Waals surface area contributed by atoms with Crippen LogP contribution >= 0.6 is 11.3 Å². The maximum Gasteiger partial charge on any atom is 0.207 e. The Bertz CT molecular complexity index is 1010. The van der Waals surface area contributed by atoms with Crippen LogP contribution in [0.2, 0.25) is 0 Å². The van der Waals surface area contributed by atoms with Gasteiger partial charge in [-0.25, -0.2) is 0 Å². The summed E-state index contributed by atoms with van der Waals surface area (Å²) in [4.78, 5) is 10.6. The van der Waals surface area contributed by atoms with Crippen molar-refractivity contribution in [1.29, 1.82) is 5.26 Å². The van der Waals surface area contributed by atoms with Crippen LogP contribution in [-0.2, 0) is 16.7 Å². The second-order valence-corrected chi connectivity index (χ2v) is 8.90. The summed E-state index contributed by atoms with van der Waals surface area (Å²) in [5.74, 6) is 0.284. The van der Waals surface area contributed by atoms with Gasteiger partial charge in [-0.2, -0.15) is 15.2 Å². The lowest BCUT2D eigenvalue weighted by Crippen LogP contribution is -2.24. The topological polar surface area (TPSA) is 95.3 Å². The molecule has 8 heteroatoms. The molecule has 1 N–H and O–H groups in total. The van der Waals surface area contributed by atoms with Gasteiger partial charge in [0.1, 0.15) is 0 Å². The van der Waals surface area contributed by atoms with Gasteiger partial charge in [-0.15, -0.1) is 11.3 Å². The zero-order valence-corrected chi connectivity index (χ0v) is 17.7. The first kappa shape index (κ1) is 21.0. The van der Waals surface area contributed by atoms with Crippen molar-refractivity contribution in [2.45, 2.75) is 51.7 Å². The normalized spacial score (nSPS) is 18.5. The van der Waals surface area contributed by atoms with E-state index >= 15 is 0 Å². The molecule has 1 aromatic heterocycles. The summed E-state index contributed by atoms with van der Waals surface area (Å²) < 4.78 is 7.90. The highest BCUT2D eigenvalue weighted by molar-refractivity contribution is 7.09. The molecule has 29 heavy (non-hydrogen) atoms. The van der Waals surface area contributed by atoms with Crippen LogP contribution in [0.4, 0.5) is 0 Å². The predicted octanol–water partition coefficient (Wildman–Crippen LogP) is 3.66. The first-order valence-electron chi connectivity index (χ1n) is 9.53. The van der Waals surface area contributed by atoms with E-state index in [1.165, 1.54) is 11.1 Å². The Labute approximate surface area is 174 Å². The van der Waals surface area contributed by atoms with E-state index in [1.54, 1.807) is 23.5 Å². The van der Waals surface area contributed by atoms with Gasteiger partial charge >= 0.3 is 0 Å². The number of amidine groups is 1. The molecule has 0 unspecified atom stereocenters. The Kier molecular flexibility index (Phi) is 6.62. The van der Waals surface area contributed by atoms with Gasteiger partial charge in [0.15, 0.2) is 10.6 Å². The van der Waals surface area contributed by atoms with E-state index in [0.717, 1.165) is 24.2 Å². The number of hydrogen-bond donors (Lipinski definition) is 1. The van der Waals surface area contributed by atoms with E-state index in [0.29, 0.717) is 17.7 Å². The van der Waals surface area contributed by atoms with Crippen LogP contribution < -0.4 is 4.80 Å². The molecular formula is C21H25N5O2S. The number of benzene rings is 1. The second kappa shape index (κ2) is 9.16. The van der Waals surface area contributed by atoms with E-state index in [4.69, 9.17) is 14.9 Å². The van der Waals surface area contributed by atoms with Crippen molar-refractivity contribution in [3.63, 3.8) is 0 Å². The van der Waals surface area contributed by atoms with Gasteiger partial charge in [0, 0.05) is 28.8 Å². The molecule has 0 saturated carbocycles. The van der Waals surface area contributed by atoms with Crippen molar-refractivity contribution < 1.29 is 9.94 Å². The van der Waals surface area contributed by atoms with Gasteiger partial charge in [0.05, 0.1) is 18.9 Å². The Balaban J connectivity index is 2.11. The molecule has 2 aromatic rings. The number of hydrogen-bond acceptors (Lipinski definition) is 6. The van der Waals surface area contributed by atoms with Crippen molar-refractivity contribution >= 4 is 23.4 Å². The summed E-state index contributed by atoms with van der Waals surface area (Å²) in [5, 5.41) is 21.3. The van der Waals surface area contributed by atoms with Gasteiger partial charge in [-0.1, -0.05) is 50.2 Å². The number of rotatable bonds is 4. The number of aromatic nitrogens is 1. The fraction of sp³-hybridized carbons (Fsp3) is 0.429. The summed E-state index contributed by atoms with van der Waals surface area (Å²) in [6.07, 6.45) is 7.55. The van der Waals surface area contributed by atoms with Gasteiger partial charge < -0.3 is 14.5 Å². The maximum absolute atomic E-state index is 9.23. The molecule has 1 aromatic carbocycles. The fourth-order valence-electron chi connectivity index (χ4n) is 3.11. The van der Waals surface area contributed by atoms with E-state index in [1.807, 2.05) is 18.3 Å². The fourth-order valence-corrected chi connectivity index (χ4v) is 4.17. The van der Waals surface area contributed by atoms with E-state index < -0.39 is 0 Å². The molecule has 0 radical (unpaired) electrons. The third-order valence-corrected chi connectivity index (χ3v) is 6.09. The molecule has 0 spiro atoms. The van der Waals surface area contributed by atoms with Gasteiger partial charge in [-0.05, 0) is 18.3 Å². The molecule has 3 rings (SSSR count). The average Bonchev–Trinajstić information content (AvgIpc) is 3.33. The van der Waals surface area contributed by atoms with Crippen LogP contribution in [-0.4, -0.2) is 34.5 Å². The zero-order chi connectivity index (χ0) is 20.9. The minimum Gasteiger partial charge on any atom is -0.411 e. The third-order valence-electron chi connectivity index (χ3n) is 4.64. The van der Waals surface area contributed by atoms with Crippen LogP contribution in [0.3, 0.4) is 0 Å². The SMILES string of the molecule is CC(C)(C)c1cn(C[C@H]2CCCO2)/c(=N/C(=N/C#N)c2ccccc2/C=N\O)s1. The van der Waals surface area contributed by atoms with Crippen molar-refractivity contribution in [3.05, 3.63) is 51.3 Å². The van der Waals surface area contributed by atoms with Crippen LogP contribution in [0.15, 0.2) is 45.6 Å². The highest BCUT2D eigenvalue weighted by Gasteiger charge is 2.21. The molecule has 7 nitrogen and oxygen atoms in total. The predicted molar refractivity (Wildman–Crippen MR) is 114 cm³/mol. The highest BCUT2D eigenvalue weighted by Crippen LogP contribution is 2.25. The number of oxime groups is 1. The molecule has 1 aliphatic heterocycles. The maximum atomic E-state index is 9.23. The summed E-state index contributed by atoms with van der Waals surface area (Å²) in [6.45, 7) is 8.00. The van der Waals surface area contributed by atoms with Gasteiger partial charge in [0.2, 0.25) is 6.19 Å². The van der Waals surface area contributed by atoms with Crippen LogP contribution in [0.1, 0.15) is 49.6 Å². The number of nitrogens with zero attached hydrogens (tertiary/aromatic N) is 5. The largest absolute Gasteiger partial charge is 0.411 e. The standard InChI is InChI=1S/C21H25N5O2S/c1-21(2,3)18-13-26(12-16-8-6-10-28-16)20(29-18)25-19(23-14-22)17-9-5-4-7-15(17)11-24-27/h4-5,7,9,11,13,16,27H,6,8,10,12H2,1-3H3/b23-19+,24-11-,25-20-/t16-/m1/s1. The van der Waals surface area contributed by atoms with Gasteiger partial charge in [0.25, 0.3) is 0 Å². The lowest BCUT2D eigenvalue weighted by molar-refractivity contribution is 0.0963. The number of ether oxygens (including phenoxy) is 1. The Hall–Kier alpha value is -2.76. The first-order valence-corrected chi connectivity index (χ1v) is 10.3. The summed E-state index contributed by atoms with van der Waals surface area (Å²) in [6, 6.07) is 7.25. The molecule has 1 fully saturated rings. The molecular weight excluding hydrogens is 386 g/mol. The number of nitriles is 1. The number of aliphatic imine (C=N–C) groups is 1. The van der Waals surface area contributed by atoms with E-state index in [2.05, 4.69) is 41.7 Å². The lowest BCUT2D eigenvalue weighted by Gasteiger charge is -2.15. The molecule has 152 valence electrons. The van der Waals surface area contributed by atoms with Crippen LogP contribution in [0.5, 0.6) is 0 Å². The van der Waals surface area contributed by atoms with Crippen molar-refractivity contribution in [1.82, 2.24) is 4.57 Å². The second-order valence-electron chi connectivity index (χ2n) is 7.89. The van der Waals surface area contributed by atoms with Crippen LogP contribution in [0.25, 0.3) is 0 Å². The Morgan fingerprint density at radius 2 is 2.21 bits per heavy atom. The summed E-state index contributed by atoms with van der Waals surface area (Å²) in [5.41, 5.74) is 1.23. The molecule has 1 saturated heterocycles. The molecule has 1 aliphatic rings. The third kappa shape index (κ3) is 5.19. The quantitative estimate of drug-likeness (QED) is 0.273. The molecule has 0 amide bonds. The van der Waals surface area contributed by atoms with Crippen molar-refractivity contribution in [2.75, 3.05) is 6.61 Å². The molecule has 2 heterocycles. The first-order chi connectivity index (χ1) is 13.9. The van der Waals surface area contributed by atoms with Crippen molar-refractivity contribution in [2.24, 2.45) is 15.1 Å². The zero-order valence-electron chi connectivity index (χ0n) is 16.9. The van der Waals surface area contributed by atoms with Crippen LogP contribution in [0, 0.1) is 11.5 Å². The molecule has 0 bridgehead atoms. The van der Waals surface area contributed by atoms with E-state index in [-0.39, 0.29) is 17.4 Å². The summed E-state index contributed by atoms with van der Waals surface area (Å²) >= 11 is 1.59. The van der Waals surface area contributed by atoms with Gasteiger partial charge in [-0.3, -0.25) is 0 Å². The Morgan fingerprint density at radius 1 is 1.41 bits per heavy atom. The smallest absolute Gasteiger partial charge is 0.207 e. The monoisotopic (exact) mass is 411 g/mol. The number of thiazole rings is 1. The minimum atomic E-state index is -0.0231.